The highest BCUT2D eigenvalue weighted by atomic mass is 35.5. The summed E-state index contributed by atoms with van der Waals surface area (Å²) in [5.74, 6) is 0.331. The molecule has 30 heavy (non-hydrogen) atoms. The van der Waals surface area contributed by atoms with Crippen LogP contribution in [0.15, 0.2) is 48.9 Å². The van der Waals surface area contributed by atoms with Crippen LogP contribution in [-0.2, 0) is 6.54 Å². The maximum Gasteiger partial charge on any atom is 0.251 e. The molecule has 1 N–H and O–H groups in total. The van der Waals surface area contributed by atoms with Gasteiger partial charge in [-0.25, -0.2) is 0 Å². The zero-order valence-electron chi connectivity index (χ0n) is 16.2. The van der Waals surface area contributed by atoms with E-state index in [0.29, 0.717) is 33.5 Å². The molecule has 3 aromatic heterocycles. The normalized spacial score (nSPS) is 10.8. The lowest BCUT2D eigenvalue weighted by Crippen LogP contribution is -2.23. The van der Waals surface area contributed by atoms with Crippen molar-refractivity contribution in [2.24, 2.45) is 0 Å². The Hall–Kier alpha value is -3.72. The number of hydrogen-bond acceptors (Lipinski definition) is 7. The third-order valence-electron chi connectivity index (χ3n) is 4.34. The third kappa shape index (κ3) is 4.31. The highest BCUT2D eigenvalue weighted by Gasteiger charge is 2.14. The standard InChI is InChI=1S/C20H17ClN8O/c1-12-8-23-17(10-22-12)11-25-20(30)15-5-14(19-4-3-16(21)9-24-19)6-18(7-15)29-13(2)26-27-28-29/h3-10H,11H2,1-2H3,(H,25,30). The number of benzene rings is 1. The molecule has 0 atom stereocenters. The quantitative estimate of drug-likeness (QED) is 0.528. The summed E-state index contributed by atoms with van der Waals surface area (Å²) in [5, 5.41) is 15.0. The number of pyridine rings is 1. The molecule has 0 radical (unpaired) electrons. The summed E-state index contributed by atoms with van der Waals surface area (Å²) in [4.78, 5) is 25.7. The van der Waals surface area contributed by atoms with Crippen molar-refractivity contribution >= 4 is 17.5 Å². The minimum atomic E-state index is -0.264. The van der Waals surface area contributed by atoms with E-state index in [1.807, 2.05) is 13.0 Å². The maximum absolute atomic E-state index is 12.9. The van der Waals surface area contributed by atoms with Crippen molar-refractivity contribution in [1.29, 1.82) is 0 Å². The van der Waals surface area contributed by atoms with Gasteiger partial charge in [0.15, 0.2) is 5.82 Å². The Labute approximate surface area is 177 Å². The number of aromatic nitrogens is 7. The molecule has 4 aromatic rings. The topological polar surface area (TPSA) is 111 Å². The van der Waals surface area contributed by atoms with E-state index in [2.05, 4.69) is 35.8 Å². The van der Waals surface area contributed by atoms with Gasteiger partial charge in [0.25, 0.3) is 5.91 Å². The molecule has 1 amide bonds. The highest BCUT2D eigenvalue weighted by Crippen LogP contribution is 2.24. The van der Waals surface area contributed by atoms with Crippen LogP contribution in [0, 0.1) is 13.8 Å². The van der Waals surface area contributed by atoms with Crippen LogP contribution in [0.3, 0.4) is 0 Å². The van der Waals surface area contributed by atoms with Gasteiger partial charge in [-0.1, -0.05) is 11.6 Å². The first-order valence-corrected chi connectivity index (χ1v) is 9.45. The van der Waals surface area contributed by atoms with E-state index in [1.165, 1.54) is 0 Å². The van der Waals surface area contributed by atoms with Gasteiger partial charge in [0.2, 0.25) is 0 Å². The molecule has 0 aliphatic rings. The summed E-state index contributed by atoms with van der Waals surface area (Å²) >= 11 is 5.96. The second-order valence-electron chi connectivity index (χ2n) is 6.60. The number of nitrogens with zero attached hydrogens (tertiary/aromatic N) is 7. The number of halogens is 1. The molecule has 0 spiro atoms. The molecule has 0 aliphatic carbocycles. The fourth-order valence-electron chi connectivity index (χ4n) is 2.81. The molecular weight excluding hydrogens is 404 g/mol. The van der Waals surface area contributed by atoms with E-state index in [4.69, 9.17) is 11.6 Å². The Morgan fingerprint density at radius 2 is 1.93 bits per heavy atom. The Morgan fingerprint density at radius 1 is 1.07 bits per heavy atom. The SMILES string of the molecule is Cc1cnc(CNC(=O)c2cc(-c3ccc(Cl)cn3)cc(-n3nnnc3C)c2)cn1. The van der Waals surface area contributed by atoms with Gasteiger partial charge >= 0.3 is 0 Å². The van der Waals surface area contributed by atoms with E-state index < -0.39 is 0 Å². The van der Waals surface area contributed by atoms with Crippen LogP contribution in [-0.4, -0.2) is 41.1 Å². The molecule has 9 nitrogen and oxygen atoms in total. The number of aryl methyl sites for hydroxylation is 2. The molecule has 0 saturated heterocycles. The van der Waals surface area contributed by atoms with Gasteiger partial charge in [-0.05, 0) is 54.6 Å². The minimum Gasteiger partial charge on any atom is -0.346 e. The number of amides is 1. The fraction of sp³-hybridized carbons (Fsp3) is 0.150. The fourth-order valence-corrected chi connectivity index (χ4v) is 2.92. The van der Waals surface area contributed by atoms with Gasteiger partial charge in [-0.2, -0.15) is 4.68 Å². The first kappa shape index (κ1) is 19.6. The van der Waals surface area contributed by atoms with E-state index in [-0.39, 0.29) is 12.5 Å². The van der Waals surface area contributed by atoms with Gasteiger partial charge in [-0.15, -0.1) is 5.10 Å². The van der Waals surface area contributed by atoms with Gasteiger partial charge in [0.1, 0.15) is 0 Å². The Bertz CT molecular complexity index is 1190. The number of carbonyl (C=O) groups is 1. The summed E-state index contributed by atoms with van der Waals surface area (Å²) in [7, 11) is 0. The molecule has 10 heteroatoms. The molecule has 0 saturated carbocycles. The second-order valence-corrected chi connectivity index (χ2v) is 7.04. The van der Waals surface area contributed by atoms with Crippen molar-refractivity contribution in [1.82, 2.24) is 40.5 Å². The highest BCUT2D eigenvalue weighted by molar-refractivity contribution is 6.30. The molecule has 150 valence electrons. The van der Waals surface area contributed by atoms with Crippen molar-refractivity contribution in [2.45, 2.75) is 20.4 Å². The van der Waals surface area contributed by atoms with Crippen molar-refractivity contribution in [3.8, 4) is 16.9 Å². The van der Waals surface area contributed by atoms with Crippen LogP contribution in [0.2, 0.25) is 5.02 Å². The van der Waals surface area contributed by atoms with E-state index in [1.54, 1.807) is 54.5 Å². The lowest BCUT2D eigenvalue weighted by molar-refractivity contribution is 0.0950. The monoisotopic (exact) mass is 420 g/mol. The van der Waals surface area contributed by atoms with E-state index in [0.717, 1.165) is 11.3 Å². The van der Waals surface area contributed by atoms with Gasteiger partial charge < -0.3 is 5.32 Å². The van der Waals surface area contributed by atoms with Gasteiger partial charge in [0.05, 0.1) is 40.5 Å². The molecule has 0 bridgehead atoms. The van der Waals surface area contributed by atoms with Gasteiger partial charge in [0, 0.05) is 23.5 Å². The smallest absolute Gasteiger partial charge is 0.251 e. The second kappa shape index (κ2) is 8.34. The number of nitrogens with one attached hydrogen (secondary N) is 1. The summed E-state index contributed by atoms with van der Waals surface area (Å²) in [6, 6.07) is 8.88. The number of rotatable bonds is 5. The van der Waals surface area contributed by atoms with Crippen molar-refractivity contribution < 1.29 is 4.79 Å². The third-order valence-corrected chi connectivity index (χ3v) is 4.56. The first-order chi connectivity index (χ1) is 14.5. The summed E-state index contributed by atoms with van der Waals surface area (Å²) in [6.45, 7) is 3.89. The van der Waals surface area contributed by atoms with Gasteiger partial charge in [-0.3, -0.25) is 19.7 Å². The zero-order valence-corrected chi connectivity index (χ0v) is 17.0. The number of hydrogen-bond donors (Lipinski definition) is 1. The minimum absolute atomic E-state index is 0.259. The van der Waals surface area contributed by atoms with Crippen molar-refractivity contribution in [3.05, 3.63) is 76.7 Å². The Morgan fingerprint density at radius 3 is 2.60 bits per heavy atom. The number of tetrazole rings is 1. The molecule has 1 aromatic carbocycles. The molecule has 3 heterocycles. The average Bonchev–Trinajstić information content (AvgIpc) is 3.19. The van der Waals surface area contributed by atoms with Crippen molar-refractivity contribution in [2.75, 3.05) is 0 Å². The molecule has 4 rings (SSSR count). The van der Waals surface area contributed by atoms with Crippen molar-refractivity contribution in [3.63, 3.8) is 0 Å². The Balaban J connectivity index is 1.68. The molecule has 0 aliphatic heterocycles. The van der Waals surface area contributed by atoms with Crippen LogP contribution >= 0.6 is 11.6 Å². The predicted octanol–water partition coefficient (Wildman–Crippen LogP) is 2.71. The Kier molecular flexibility index (Phi) is 5.44. The molecular formula is C20H17ClN8O. The van der Waals surface area contributed by atoms with Crippen LogP contribution in [0.5, 0.6) is 0 Å². The number of carbonyl (C=O) groups excluding carboxylic acids is 1. The summed E-state index contributed by atoms with van der Waals surface area (Å²) < 4.78 is 1.56. The lowest BCUT2D eigenvalue weighted by atomic mass is 10.1. The molecule has 0 fully saturated rings. The van der Waals surface area contributed by atoms with Crippen LogP contribution in [0.4, 0.5) is 0 Å². The van der Waals surface area contributed by atoms with Crippen LogP contribution in [0.1, 0.15) is 27.6 Å². The lowest BCUT2D eigenvalue weighted by Gasteiger charge is -2.11. The maximum atomic E-state index is 12.9. The summed E-state index contributed by atoms with van der Waals surface area (Å²) in [6.07, 6.45) is 4.86. The summed E-state index contributed by atoms with van der Waals surface area (Å²) in [5.41, 5.74) is 3.97. The van der Waals surface area contributed by atoms with Crippen LogP contribution < -0.4 is 5.32 Å². The predicted molar refractivity (Wildman–Crippen MR) is 110 cm³/mol. The zero-order chi connectivity index (χ0) is 21.1. The van der Waals surface area contributed by atoms with E-state index >= 15 is 0 Å². The molecule has 0 unspecified atom stereocenters. The average molecular weight is 421 g/mol. The van der Waals surface area contributed by atoms with E-state index in [9.17, 15) is 4.79 Å². The first-order valence-electron chi connectivity index (χ1n) is 9.08. The van der Waals surface area contributed by atoms with Crippen LogP contribution in [0.25, 0.3) is 16.9 Å². The largest absolute Gasteiger partial charge is 0.346 e.